The van der Waals surface area contributed by atoms with Gasteiger partial charge >= 0.3 is 0 Å². The molecule has 0 aromatic carbocycles. The number of halogens is 1. The summed E-state index contributed by atoms with van der Waals surface area (Å²) in [7, 11) is 0. The van der Waals surface area contributed by atoms with Gasteiger partial charge < -0.3 is 10.4 Å². The topological polar surface area (TPSA) is 86.7 Å². The van der Waals surface area contributed by atoms with Crippen LogP contribution in [0.2, 0.25) is 0 Å². The van der Waals surface area contributed by atoms with Gasteiger partial charge in [-0.1, -0.05) is 5.21 Å². The van der Waals surface area contributed by atoms with Crippen LogP contribution in [0.25, 0.3) is 0 Å². The summed E-state index contributed by atoms with van der Waals surface area (Å²) in [4.78, 5) is 0. The summed E-state index contributed by atoms with van der Waals surface area (Å²) in [6.45, 7) is 1.01. The molecule has 11 heavy (non-hydrogen) atoms. The highest BCUT2D eigenvalue weighted by Gasteiger charge is 2.40. The first-order valence-corrected chi connectivity index (χ1v) is 2.98. The van der Waals surface area contributed by atoms with E-state index in [2.05, 4.69) is 25.9 Å². The van der Waals surface area contributed by atoms with Crippen molar-refractivity contribution in [3.63, 3.8) is 0 Å². The fraction of sp³-hybridized carbons (Fsp3) is 0.750. The van der Waals surface area contributed by atoms with Crippen LogP contribution in [0.15, 0.2) is 0 Å². The fourth-order valence-corrected chi connectivity index (χ4v) is 0.879. The average molecular weight is 178 g/mol. The van der Waals surface area contributed by atoms with Crippen LogP contribution in [-0.4, -0.2) is 38.8 Å². The molecule has 0 aliphatic carbocycles. The quantitative estimate of drug-likeness (QED) is 0.482. The highest BCUT2D eigenvalue weighted by atomic mass is 35.5. The maximum Gasteiger partial charge on any atom is 0.208 e. The molecule has 62 valence electrons. The van der Waals surface area contributed by atoms with Crippen molar-refractivity contribution >= 4 is 12.4 Å². The molecule has 1 fully saturated rings. The molecule has 0 atom stereocenters. The van der Waals surface area contributed by atoms with E-state index in [1.165, 1.54) is 0 Å². The van der Waals surface area contributed by atoms with Crippen molar-refractivity contribution in [1.82, 2.24) is 25.9 Å². The van der Waals surface area contributed by atoms with Gasteiger partial charge in [0.2, 0.25) is 5.82 Å². The minimum Gasteiger partial charge on any atom is -0.379 e. The van der Waals surface area contributed by atoms with E-state index in [4.69, 9.17) is 0 Å². The summed E-state index contributed by atoms with van der Waals surface area (Å²) >= 11 is 0. The molecule has 1 aromatic heterocycles. The second-order valence-corrected chi connectivity index (χ2v) is 2.37. The Hall–Kier alpha value is -0.720. The third-order valence-electron chi connectivity index (χ3n) is 1.60. The maximum atomic E-state index is 9.52. The molecule has 0 saturated carbocycles. The van der Waals surface area contributed by atoms with Crippen LogP contribution in [0, 0.1) is 0 Å². The Kier molecular flexibility index (Phi) is 2.08. The zero-order valence-corrected chi connectivity index (χ0v) is 6.43. The minimum atomic E-state index is -0.882. The van der Waals surface area contributed by atoms with Crippen molar-refractivity contribution in [2.75, 3.05) is 13.1 Å². The van der Waals surface area contributed by atoms with Crippen molar-refractivity contribution in [3.8, 4) is 0 Å². The van der Waals surface area contributed by atoms with E-state index in [1.807, 2.05) is 0 Å². The lowest BCUT2D eigenvalue weighted by Crippen LogP contribution is -2.57. The first-order chi connectivity index (χ1) is 4.81. The zero-order chi connectivity index (χ0) is 7.03. The lowest BCUT2D eigenvalue weighted by Gasteiger charge is -2.34. The Labute approximate surface area is 68.8 Å². The molecule has 1 aliphatic heterocycles. The van der Waals surface area contributed by atoms with Gasteiger partial charge in [-0.05, 0) is 0 Å². The number of nitrogens with zero attached hydrogens (tertiary/aromatic N) is 3. The van der Waals surface area contributed by atoms with Gasteiger partial charge in [0, 0.05) is 13.1 Å². The van der Waals surface area contributed by atoms with Gasteiger partial charge in [-0.15, -0.1) is 22.6 Å². The van der Waals surface area contributed by atoms with Crippen molar-refractivity contribution in [2.24, 2.45) is 0 Å². The normalized spacial score (nSPS) is 20.1. The van der Waals surface area contributed by atoms with Gasteiger partial charge in [0.05, 0.1) is 0 Å². The monoisotopic (exact) mass is 177 g/mol. The number of hydrogen-bond acceptors (Lipinski definition) is 5. The molecule has 2 rings (SSSR count). The number of rotatable bonds is 1. The number of nitrogens with one attached hydrogen (secondary N) is 2. The van der Waals surface area contributed by atoms with Gasteiger partial charge in [-0.3, -0.25) is 0 Å². The number of aromatic nitrogens is 4. The molecule has 1 aliphatic rings. The van der Waals surface area contributed by atoms with Crippen molar-refractivity contribution in [1.29, 1.82) is 0 Å². The lowest BCUT2D eigenvalue weighted by atomic mass is 9.97. The Morgan fingerprint density at radius 1 is 1.45 bits per heavy atom. The van der Waals surface area contributed by atoms with Crippen LogP contribution in [0.5, 0.6) is 0 Å². The van der Waals surface area contributed by atoms with E-state index in [0.29, 0.717) is 18.9 Å². The molecule has 3 N–H and O–H groups in total. The molecule has 1 saturated heterocycles. The number of H-pyrrole nitrogens is 1. The van der Waals surface area contributed by atoms with Crippen LogP contribution in [0.3, 0.4) is 0 Å². The lowest BCUT2D eigenvalue weighted by molar-refractivity contribution is -0.0227. The van der Waals surface area contributed by atoms with Gasteiger partial charge in [-0.25, -0.2) is 0 Å². The minimum absolute atomic E-state index is 0. The fourth-order valence-electron chi connectivity index (χ4n) is 0.879. The summed E-state index contributed by atoms with van der Waals surface area (Å²) in [5, 5.41) is 25.4. The SMILES string of the molecule is Cl.OC1(c2nn[nH]n2)CNC1. The molecule has 0 bridgehead atoms. The van der Waals surface area contributed by atoms with Crippen LogP contribution in [-0.2, 0) is 5.60 Å². The van der Waals surface area contributed by atoms with E-state index >= 15 is 0 Å². The summed E-state index contributed by atoms with van der Waals surface area (Å²) < 4.78 is 0. The van der Waals surface area contributed by atoms with E-state index in [9.17, 15) is 5.11 Å². The second-order valence-electron chi connectivity index (χ2n) is 2.37. The summed E-state index contributed by atoms with van der Waals surface area (Å²) in [6, 6.07) is 0. The number of tetrazole rings is 1. The van der Waals surface area contributed by atoms with E-state index < -0.39 is 5.60 Å². The first kappa shape index (κ1) is 8.38. The smallest absolute Gasteiger partial charge is 0.208 e. The van der Waals surface area contributed by atoms with Gasteiger partial charge in [0.15, 0.2) is 5.60 Å². The predicted octanol–water partition coefficient (Wildman–Crippen LogP) is -1.59. The third-order valence-corrected chi connectivity index (χ3v) is 1.60. The molecule has 6 nitrogen and oxygen atoms in total. The Morgan fingerprint density at radius 3 is 2.55 bits per heavy atom. The summed E-state index contributed by atoms with van der Waals surface area (Å²) in [6.07, 6.45) is 0. The van der Waals surface area contributed by atoms with Crippen LogP contribution >= 0.6 is 12.4 Å². The van der Waals surface area contributed by atoms with Gasteiger partial charge in [-0.2, -0.15) is 5.21 Å². The standard InChI is InChI=1S/C4H7N5O.ClH/c10-4(1-5-2-4)3-6-8-9-7-3;/h5,10H,1-2H2,(H,6,7,8,9);1H. The Bertz CT molecular complexity index is 220. The van der Waals surface area contributed by atoms with Crippen LogP contribution in [0.1, 0.15) is 5.82 Å². The first-order valence-electron chi connectivity index (χ1n) is 2.98. The molecule has 7 heteroatoms. The highest BCUT2D eigenvalue weighted by molar-refractivity contribution is 5.85. The molecule has 0 radical (unpaired) electrons. The highest BCUT2D eigenvalue weighted by Crippen LogP contribution is 2.19. The van der Waals surface area contributed by atoms with E-state index in [-0.39, 0.29) is 12.4 Å². The number of aromatic amines is 1. The van der Waals surface area contributed by atoms with Crippen LogP contribution in [0.4, 0.5) is 0 Å². The maximum absolute atomic E-state index is 9.52. The average Bonchev–Trinajstić information content (AvgIpc) is 2.33. The van der Waals surface area contributed by atoms with Gasteiger partial charge in [0.1, 0.15) is 0 Å². The molecular weight excluding hydrogens is 170 g/mol. The largest absolute Gasteiger partial charge is 0.379 e. The molecule has 0 unspecified atom stereocenters. The van der Waals surface area contributed by atoms with Crippen molar-refractivity contribution in [3.05, 3.63) is 5.82 Å². The third kappa shape index (κ3) is 1.20. The Morgan fingerprint density at radius 2 is 2.18 bits per heavy atom. The molecular formula is C4H8ClN5O. The van der Waals surface area contributed by atoms with Crippen molar-refractivity contribution in [2.45, 2.75) is 5.60 Å². The number of β-amino-alcohol motifs (C(OH)–C–C–N with tert-alkyl or cyclic N) is 1. The van der Waals surface area contributed by atoms with Gasteiger partial charge in [0.25, 0.3) is 0 Å². The molecule has 0 spiro atoms. The predicted molar refractivity (Wildman–Crippen MR) is 38.2 cm³/mol. The molecule has 2 heterocycles. The van der Waals surface area contributed by atoms with Crippen LogP contribution < -0.4 is 5.32 Å². The molecule has 1 aromatic rings. The molecule has 0 amide bonds. The van der Waals surface area contributed by atoms with Crippen molar-refractivity contribution < 1.29 is 5.11 Å². The number of aliphatic hydroxyl groups is 1. The second kappa shape index (κ2) is 2.72. The zero-order valence-electron chi connectivity index (χ0n) is 5.61. The number of hydrogen-bond donors (Lipinski definition) is 3. The Balaban J connectivity index is 0.000000605. The van der Waals surface area contributed by atoms with E-state index in [1.54, 1.807) is 0 Å². The van der Waals surface area contributed by atoms with E-state index in [0.717, 1.165) is 0 Å². The summed E-state index contributed by atoms with van der Waals surface area (Å²) in [5.41, 5.74) is -0.882. The summed E-state index contributed by atoms with van der Waals surface area (Å²) in [5.74, 6) is 0.367.